The Balaban J connectivity index is 1.56. The summed E-state index contributed by atoms with van der Waals surface area (Å²) in [5.41, 5.74) is 3.03. The number of rotatable bonds is 4. The number of thiazole rings is 1. The highest BCUT2D eigenvalue weighted by Gasteiger charge is 2.17. The van der Waals surface area contributed by atoms with E-state index in [4.69, 9.17) is 11.6 Å². The van der Waals surface area contributed by atoms with Crippen molar-refractivity contribution in [3.05, 3.63) is 83.4 Å². The molecule has 0 aliphatic carbocycles. The van der Waals surface area contributed by atoms with Gasteiger partial charge in [0.1, 0.15) is 0 Å². The smallest absolute Gasteiger partial charge is 0.258 e. The average Bonchev–Trinajstić information content (AvgIpc) is 3.19. The highest BCUT2D eigenvalue weighted by Crippen LogP contribution is 2.32. The maximum atomic E-state index is 13.3. The molecule has 1 N–H and O–H groups in total. The van der Waals surface area contributed by atoms with Crippen molar-refractivity contribution in [1.82, 2.24) is 9.97 Å². The number of amides is 1. The molecule has 164 valence electrons. The first kappa shape index (κ1) is 21.5. The first-order chi connectivity index (χ1) is 15.8. The van der Waals surface area contributed by atoms with Crippen LogP contribution in [0.2, 0.25) is 5.02 Å². The topological polar surface area (TPSA) is 89.0 Å². The van der Waals surface area contributed by atoms with Gasteiger partial charge in [-0.15, -0.1) is 0 Å². The maximum absolute atomic E-state index is 13.3. The molecule has 0 atom stereocenters. The number of hydrogen-bond acceptors (Lipinski definition) is 6. The molecular weight excluding hydrogens is 478 g/mol. The normalized spacial score (nSPS) is 11.7. The second kappa shape index (κ2) is 8.22. The molecule has 1 amide bonds. The van der Waals surface area contributed by atoms with Gasteiger partial charge in [0.05, 0.1) is 31.9 Å². The fraction of sp³-hybridized carbons (Fsp3) is 0.0417. The number of fused-ring (bicyclic) bond motifs is 2. The molecular formula is C24H16ClN3O3S2. The second-order valence-corrected chi connectivity index (χ2v) is 10.9. The number of carbonyl (C=O) groups is 1. The van der Waals surface area contributed by atoms with Crippen molar-refractivity contribution in [2.24, 2.45) is 0 Å². The lowest BCUT2D eigenvalue weighted by atomic mass is 10.0. The summed E-state index contributed by atoms with van der Waals surface area (Å²) in [6.45, 7) is 0. The van der Waals surface area contributed by atoms with E-state index in [0.717, 1.165) is 11.8 Å². The van der Waals surface area contributed by atoms with Crippen LogP contribution in [0.5, 0.6) is 0 Å². The Kier molecular flexibility index (Phi) is 5.36. The third-order valence-electron chi connectivity index (χ3n) is 5.12. The Labute approximate surface area is 198 Å². The molecule has 5 rings (SSSR count). The van der Waals surface area contributed by atoms with Gasteiger partial charge < -0.3 is 0 Å². The number of hydrogen-bond donors (Lipinski definition) is 1. The largest absolute Gasteiger partial charge is 0.298 e. The average molecular weight is 494 g/mol. The Morgan fingerprint density at radius 2 is 1.70 bits per heavy atom. The molecule has 0 radical (unpaired) electrons. The fourth-order valence-corrected chi connectivity index (χ4v) is 5.38. The molecule has 0 unspecified atom stereocenters. The van der Waals surface area contributed by atoms with Gasteiger partial charge >= 0.3 is 0 Å². The van der Waals surface area contributed by atoms with E-state index in [1.54, 1.807) is 24.3 Å². The van der Waals surface area contributed by atoms with E-state index in [0.29, 0.717) is 42.5 Å². The Bertz CT molecular complexity index is 1660. The van der Waals surface area contributed by atoms with Crippen molar-refractivity contribution < 1.29 is 13.2 Å². The number of halogens is 1. The highest BCUT2D eigenvalue weighted by molar-refractivity contribution is 7.90. The zero-order valence-corrected chi connectivity index (χ0v) is 19.6. The summed E-state index contributed by atoms with van der Waals surface area (Å²) in [5.74, 6) is -0.343. The van der Waals surface area contributed by atoms with Gasteiger partial charge in [-0.05, 0) is 36.4 Å². The van der Waals surface area contributed by atoms with Gasteiger partial charge in [0.2, 0.25) is 0 Å². The van der Waals surface area contributed by atoms with Crippen molar-refractivity contribution in [3.63, 3.8) is 0 Å². The molecule has 3 aromatic carbocycles. The summed E-state index contributed by atoms with van der Waals surface area (Å²) in [6, 6.07) is 21.1. The van der Waals surface area contributed by atoms with Crippen molar-refractivity contribution in [2.45, 2.75) is 4.90 Å². The Morgan fingerprint density at radius 3 is 2.48 bits per heavy atom. The lowest BCUT2D eigenvalue weighted by Gasteiger charge is -2.10. The lowest BCUT2D eigenvalue weighted by Crippen LogP contribution is -2.13. The van der Waals surface area contributed by atoms with Crippen molar-refractivity contribution in [3.8, 4) is 11.3 Å². The molecule has 0 saturated carbocycles. The van der Waals surface area contributed by atoms with E-state index < -0.39 is 9.84 Å². The van der Waals surface area contributed by atoms with Gasteiger partial charge in [-0.25, -0.2) is 18.4 Å². The Hall–Kier alpha value is -3.33. The first-order valence-corrected chi connectivity index (χ1v) is 12.9. The molecule has 9 heteroatoms. The van der Waals surface area contributed by atoms with Crippen LogP contribution >= 0.6 is 22.9 Å². The number of benzene rings is 3. The zero-order valence-electron chi connectivity index (χ0n) is 17.2. The van der Waals surface area contributed by atoms with Crippen molar-refractivity contribution >= 4 is 64.9 Å². The van der Waals surface area contributed by atoms with E-state index in [2.05, 4.69) is 15.3 Å². The molecule has 0 bridgehead atoms. The highest BCUT2D eigenvalue weighted by atomic mass is 35.5. The number of nitrogens with one attached hydrogen (secondary N) is 1. The van der Waals surface area contributed by atoms with Crippen molar-refractivity contribution in [1.29, 1.82) is 0 Å². The van der Waals surface area contributed by atoms with Crippen LogP contribution in [-0.4, -0.2) is 30.5 Å². The van der Waals surface area contributed by atoms with Crippen LogP contribution in [0.1, 0.15) is 10.4 Å². The monoisotopic (exact) mass is 493 g/mol. The summed E-state index contributed by atoms with van der Waals surface area (Å²) in [5, 5.41) is 4.47. The zero-order chi connectivity index (χ0) is 23.2. The summed E-state index contributed by atoms with van der Waals surface area (Å²) in [7, 11) is -3.34. The van der Waals surface area contributed by atoms with Gasteiger partial charge in [-0.3, -0.25) is 10.1 Å². The SMILES string of the molecule is CS(=O)(=O)c1ccc2nc(NC(=O)c3cc(-c4ccccc4Cl)nc4ccccc34)sc2c1. The molecule has 0 spiro atoms. The molecule has 0 aliphatic rings. The van der Waals surface area contributed by atoms with Gasteiger partial charge in [-0.1, -0.05) is 59.3 Å². The number of pyridine rings is 1. The first-order valence-electron chi connectivity index (χ1n) is 9.86. The standard InChI is InChI=1S/C24H16ClN3O3S2/c1-33(30,31)14-10-11-20-22(12-14)32-24(27-20)28-23(29)17-13-21(16-7-2-4-8-18(16)25)26-19-9-5-3-6-15(17)19/h2-13H,1H3,(H,27,28,29). The van der Waals surface area contributed by atoms with Crippen LogP contribution in [0.15, 0.2) is 77.7 Å². The van der Waals surface area contributed by atoms with Crippen molar-refractivity contribution in [2.75, 3.05) is 11.6 Å². The third kappa shape index (κ3) is 4.20. The molecule has 5 aromatic rings. The number of carbonyl (C=O) groups excluding carboxylic acids is 1. The fourth-order valence-electron chi connectivity index (χ4n) is 3.52. The van der Waals surface area contributed by atoms with E-state index in [9.17, 15) is 13.2 Å². The van der Waals surface area contributed by atoms with Crippen LogP contribution in [-0.2, 0) is 9.84 Å². The van der Waals surface area contributed by atoms with Gasteiger partial charge in [0.15, 0.2) is 15.0 Å². The minimum absolute atomic E-state index is 0.209. The number of para-hydroxylation sites is 1. The Morgan fingerprint density at radius 1 is 0.939 bits per heavy atom. The minimum atomic E-state index is -3.34. The predicted octanol–water partition coefficient (Wildman–Crippen LogP) is 5.82. The molecule has 2 aromatic heterocycles. The van der Waals surface area contributed by atoms with Crippen LogP contribution in [0.3, 0.4) is 0 Å². The molecule has 6 nitrogen and oxygen atoms in total. The van der Waals surface area contributed by atoms with Crippen LogP contribution < -0.4 is 5.32 Å². The third-order valence-corrected chi connectivity index (χ3v) is 7.49. The molecule has 0 fully saturated rings. The summed E-state index contributed by atoms with van der Waals surface area (Å²) < 4.78 is 24.4. The molecule has 33 heavy (non-hydrogen) atoms. The molecule has 2 heterocycles. The summed E-state index contributed by atoms with van der Waals surface area (Å²) in [6.07, 6.45) is 1.16. The number of sulfone groups is 1. The molecule has 0 aliphatic heterocycles. The van der Waals surface area contributed by atoms with E-state index in [1.807, 2.05) is 42.5 Å². The number of nitrogens with zero attached hydrogens (tertiary/aromatic N) is 2. The van der Waals surface area contributed by atoms with Gasteiger partial charge in [-0.2, -0.15) is 0 Å². The maximum Gasteiger partial charge on any atom is 0.258 e. The number of anilines is 1. The lowest BCUT2D eigenvalue weighted by molar-refractivity contribution is 0.102. The summed E-state index contributed by atoms with van der Waals surface area (Å²) >= 11 is 7.58. The predicted molar refractivity (Wildman–Crippen MR) is 133 cm³/mol. The quantitative estimate of drug-likeness (QED) is 0.340. The second-order valence-electron chi connectivity index (χ2n) is 7.43. The van der Waals surface area contributed by atoms with Gasteiger partial charge in [0, 0.05) is 22.2 Å². The van der Waals surface area contributed by atoms with E-state index in [-0.39, 0.29) is 10.8 Å². The molecule has 0 saturated heterocycles. The van der Waals surface area contributed by atoms with Crippen LogP contribution in [0.25, 0.3) is 32.4 Å². The minimum Gasteiger partial charge on any atom is -0.298 e. The number of aromatic nitrogens is 2. The van der Waals surface area contributed by atoms with Gasteiger partial charge in [0.25, 0.3) is 5.91 Å². The van der Waals surface area contributed by atoms with Crippen LogP contribution in [0, 0.1) is 0 Å². The van der Waals surface area contributed by atoms with E-state index in [1.165, 1.54) is 17.4 Å². The van der Waals surface area contributed by atoms with Crippen LogP contribution in [0.4, 0.5) is 5.13 Å². The van der Waals surface area contributed by atoms with E-state index >= 15 is 0 Å². The summed E-state index contributed by atoms with van der Waals surface area (Å²) in [4.78, 5) is 22.6.